The van der Waals surface area contributed by atoms with E-state index in [0.29, 0.717) is 18.2 Å². The van der Waals surface area contributed by atoms with Gasteiger partial charge < -0.3 is 15.8 Å². The van der Waals surface area contributed by atoms with Crippen LogP contribution in [0.3, 0.4) is 0 Å². The monoisotopic (exact) mass is 808 g/mol. The van der Waals surface area contributed by atoms with E-state index in [1.165, 1.54) is 43.5 Å². The standard InChI is InChI=1S/C29H24N6O14S4/c1-14(36)31-21-12-23(34-32-20-7-6-19(30)29-17(20)4-3-5-26(29)51(40,41)42)25(49-2)13-22(21)33-35-24-11-18-15(9-28(24)53(46,47)48)8-16(50(37,38)39)10-27(18)52(43,44)45/h3-13H,30H2,1-2H3,(H,31,36)(H,37,38,39)(H,40,41,42)(H,43,44,45)(H,46,47,48). The molecular weight excluding hydrogens is 785 g/mol. The van der Waals surface area contributed by atoms with Gasteiger partial charge >= 0.3 is 0 Å². The van der Waals surface area contributed by atoms with Crippen molar-refractivity contribution in [2.24, 2.45) is 20.5 Å². The van der Waals surface area contributed by atoms with Crippen molar-refractivity contribution in [3.05, 3.63) is 66.7 Å². The summed E-state index contributed by atoms with van der Waals surface area (Å²) in [6.07, 6.45) is 0. The second kappa shape index (κ2) is 13.8. The molecule has 278 valence electrons. The summed E-state index contributed by atoms with van der Waals surface area (Å²) in [7, 11) is -18.9. The topological polar surface area (TPSA) is 331 Å². The molecule has 0 saturated heterocycles. The number of hydrogen-bond acceptors (Lipinski definition) is 15. The van der Waals surface area contributed by atoms with Crippen LogP contribution in [-0.2, 0) is 45.3 Å². The normalized spacial score (nSPS) is 12.9. The van der Waals surface area contributed by atoms with Crippen LogP contribution in [0.1, 0.15) is 6.92 Å². The van der Waals surface area contributed by atoms with Gasteiger partial charge in [0.05, 0.1) is 23.4 Å². The van der Waals surface area contributed by atoms with E-state index in [0.717, 1.165) is 19.1 Å². The predicted octanol–water partition coefficient (Wildman–Crippen LogP) is 5.36. The van der Waals surface area contributed by atoms with Gasteiger partial charge in [-0.1, -0.05) is 12.1 Å². The van der Waals surface area contributed by atoms with E-state index < -0.39 is 82.4 Å². The molecule has 0 aromatic heterocycles. The first-order valence-electron chi connectivity index (χ1n) is 14.1. The SMILES string of the molecule is COc1cc(N=Nc2cc3c(S(=O)(=O)O)cc(S(=O)(=O)O)cc3cc2S(=O)(=O)O)c(NC(C)=O)cc1N=Nc1ccc(N)c2c(S(=O)(=O)O)cccc12. The predicted molar refractivity (Wildman–Crippen MR) is 187 cm³/mol. The molecule has 0 heterocycles. The first-order chi connectivity index (χ1) is 24.5. The second-order valence-corrected chi connectivity index (χ2v) is 16.4. The zero-order valence-corrected chi connectivity index (χ0v) is 30.0. The summed E-state index contributed by atoms with van der Waals surface area (Å²) in [5.74, 6) is -0.691. The third kappa shape index (κ3) is 8.28. The van der Waals surface area contributed by atoms with Crippen molar-refractivity contribution in [3.8, 4) is 5.75 Å². The summed E-state index contributed by atoms with van der Waals surface area (Å²) in [5, 5.41) is 17.8. The second-order valence-electron chi connectivity index (χ2n) is 10.8. The van der Waals surface area contributed by atoms with Gasteiger partial charge in [0.2, 0.25) is 5.91 Å². The molecule has 0 aliphatic rings. The van der Waals surface area contributed by atoms with Gasteiger partial charge in [-0.2, -0.15) is 33.7 Å². The van der Waals surface area contributed by atoms with E-state index >= 15 is 0 Å². The molecule has 53 heavy (non-hydrogen) atoms. The molecule has 0 unspecified atom stereocenters. The minimum atomic E-state index is -5.21. The van der Waals surface area contributed by atoms with Crippen molar-refractivity contribution in [1.82, 2.24) is 0 Å². The Kier molecular flexibility index (Phi) is 10.1. The molecule has 0 aliphatic carbocycles. The molecule has 5 aromatic rings. The molecule has 0 aliphatic heterocycles. The number of fused-ring (bicyclic) bond motifs is 2. The number of amides is 1. The number of nitrogens with two attached hydrogens (primary N) is 1. The molecule has 0 bridgehead atoms. The Labute approximate surface area is 300 Å². The van der Waals surface area contributed by atoms with Crippen LogP contribution in [0.2, 0.25) is 0 Å². The molecular formula is C29H24N6O14S4. The maximum atomic E-state index is 12.4. The average Bonchev–Trinajstić information content (AvgIpc) is 3.04. The third-order valence-corrected chi connectivity index (χ3v) is 10.8. The molecule has 0 saturated carbocycles. The van der Waals surface area contributed by atoms with Crippen LogP contribution in [0.25, 0.3) is 21.5 Å². The number of rotatable bonds is 10. The molecule has 1 amide bonds. The summed E-state index contributed by atoms with van der Waals surface area (Å²) >= 11 is 0. The number of ether oxygens (including phenoxy) is 1. The molecule has 0 radical (unpaired) electrons. The van der Waals surface area contributed by atoms with E-state index in [2.05, 4.69) is 25.8 Å². The highest BCUT2D eigenvalue weighted by molar-refractivity contribution is 7.87. The number of nitrogens with zero attached hydrogens (tertiary/aromatic N) is 4. The lowest BCUT2D eigenvalue weighted by Crippen LogP contribution is -2.06. The maximum absolute atomic E-state index is 12.4. The van der Waals surface area contributed by atoms with Crippen molar-refractivity contribution in [2.45, 2.75) is 26.5 Å². The Hall–Kier alpha value is -5.47. The number of benzene rings is 5. The van der Waals surface area contributed by atoms with Gasteiger partial charge in [0.1, 0.15) is 37.5 Å². The van der Waals surface area contributed by atoms with Crippen LogP contribution in [0.15, 0.2) is 107 Å². The van der Waals surface area contributed by atoms with E-state index in [1.807, 2.05) is 0 Å². The highest BCUT2D eigenvalue weighted by Crippen LogP contribution is 2.42. The van der Waals surface area contributed by atoms with Crippen molar-refractivity contribution in [1.29, 1.82) is 0 Å². The Bertz CT molecular complexity index is 2900. The fourth-order valence-corrected chi connectivity index (χ4v) is 7.76. The van der Waals surface area contributed by atoms with Crippen LogP contribution < -0.4 is 15.8 Å². The summed E-state index contributed by atoms with van der Waals surface area (Å²) in [6, 6.07) is 11.6. The minimum absolute atomic E-state index is 0.0198. The lowest BCUT2D eigenvalue weighted by atomic mass is 10.1. The number of carbonyl (C=O) groups excluding carboxylic acids is 1. The number of nitrogens with one attached hydrogen (secondary N) is 1. The van der Waals surface area contributed by atoms with Gasteiger partial charge in [0.25, 0.3) is 40.5 Å². The Morgan fingerprint density at radius 2 is 1.25 bits per heavy atom. The van der Waals surface area contributed by atoms with Gasteiger partial charge in [0.15, 0.2) is 0 Å². The summed E-state index contributed by atoms with van der Waals surface area (Å²) in [5.41, 5.74) is 5.03. The molecule has 0 fully saturated rings. The van der Waals surface area contributed by atoms with Crippen LogP contribution in [0.5, 0.6) is 5.75 Å². The van der Waals surface area contributed by atoms with Crippen LogP contribution in [0, 0.1) is 0 Å². The summed E-state index contributed by atoms with van der Waals surface area (Å²) < 4.78 is 141. The maximum Gasteiger partial charge on any atom is 0.296 e. The zero-order chi connectivity index (χ0) is 39.3. The van der Waals surface area contributed by atoms with Crippen molar-refractivity contribution in [3.63, 3.8) is 0 Å². The number of azo groups is 2. The van der Waals surface area contributed by atoms with Crippen LogP contribution in [-0.4, -0.2) is 64.9 Å². The first kappa shape index (κ1) is 38.8. The van der Waals surface area contributed by atoms with Crippen LogP contribution >= 0.6 is 0 Å². The van der Waals surface area contributed by atoms with Gasteiger partial charge in [-0.15, -0.1) is 20.5 Å². The van der Waals surface area contributed by atoms with Gasteiger partial charge in [-0.3, -0.25) is 23.0 Å². The van der Waals surface area contributed by atoms with E-state index in [4.69, 9.17) is 10.5 Å². The minimum Gasteiger partial charge on any atom is -0.494 e. The van der Waals surface area contributed by atoms with Gasteiger partial charge in [-0.25, -0.2) is 0 Å². The molecule has 0 atom stereocenters. The molecule has 0 spiro atoms. The highest BCUT2D eigenvalue weighted by Gasteiger charge is 2.25. The number of hydrogen-bond donors (Lipinski definition) is 6. The highest BCUT2D eigenvalue weighted by atomic mass is 32.2. The quantitative estimate of drug-likeness (QED) is 0.0587. The Balaban J connectivity index is 1.68. The summed E-state index contributed by atoms with van der Waals surface area (Å²) in [4.78, 5) is 8.57. The number of anilines is 2. The summed E-state index contributed by atoms with van der Waals surface area (Å²) in [6.45, 7) is 1.14. The first-order valence-corrected chi connectivity index (χ1v) is 19.9. The molecule has 5 rings (SSSR count). The van der Waals surface area contributed by atoms with E-state index in [9.17, 15) is 56.7 Å². The number of methoxy groups -OCH3 is 1. The largest absolute Gasteiger partial charge is 0.494 e. The Morgan fingerprint density at radius 1 is 0.642 bits per heavy atom. The van der Waals surface area contributed by atoms with Crippen molar-refractivity contribution in [2.75, 3.05) is 18.2 Å². The fourth-order valence-electron chi connectivity index (χ4n) is 5.04. The number of carbonyl (C=O) groups is 1. The number of nitrogen functional groups attached to an aromatic ring is 1. The van der Waals surface area contributed by atoms with Crippen molar-refractivity contribution >= 4 is 102 Å². The Morgan fingerprint density at radius 3 is 1.83 bits per heavy atom. The third-order valence-electron chi connectivity index (χ3n) is 7.25. The van der Waals surface area contributed by atoms with Gasteiger partial charge in [-0.05, 0) is 53.9 Å². The lowest BCUT2D eigenvalue weighted by Gasteiger charge is -2.12. The smallest absolute Gasteiger partial charge is 0.296 e. The van der Waals surface area contributed by atoms with Gasteiger partial charge in [0, 0.05) is 34.8 Å². The lowest BCUT2D eigenvalue weighted by molar-refractivity contribution is -0.114. The van der Waals surface area contributed by atoms with E-state index in [-0.39, 0.29) is 45.0 Å². The average molecular weight is 809 g/mol. The fraction of sp³-hybridized carbons (Fsp3) is 0.0690. The molecule has 7 N–H and O–H groups in total. The molecule has 24 heteroatoms. The molecule has 20 nitrogen and oxygen atoms in total. The van der Waals surface area contributed by atoms with Crippen LogP contribution in [0.4, 0.5) is 34.1 Å². The van der Waals surface area contributed by atoms with Crippen molar-refractivity contribution < 1.29 is 61.4 Å². The van der Waals surface area contributed by atoms with E-state index in [1.54, 1.807) is 0 Å². The molecule has 5 aromatic carbocycles. The zero-order valence-electron chi connectivity index (χ0n) is 26.7.